The van der Waals surface area contributed by atoms with Crippen LogP contribution in [0.25, 0.3) is 0 Å². The van der Waals surface area contributed by atoms with Crippen LogP contribution in [0.4, 0.5) is 11.4 Å². The fourth-order valence-electron chi connectivity index (χ4n) is 3.00. The molecule has 1 aliphatic rings. The molecule has 1 aromatic carbocycles. The molecule has 0 saturated carbocycles. The number of hydrogen-bond donors (Lipinski definition) is 2. The van der Waals surface area contributed by atoms with Gasteiger partial charge in [0.15, 0.2) is 5.76 Å². The molecular formula is C19H22ClN3O3. The molecule has 2 N–H and O–H groups in total. The number of benzene rings is 1. The summed E-state index contributed by atoms with van der Waals surface area (Å²) in [6.45, 7) is 3.53. The van der Waals surface area contributed by atoms with Gasteiger partial charge in [0.25, 0.3) is 5.91 Å². The van der Waals surface area contributed by atoms with Crippen LogP contribution in [0.5, 0.6) is 0 Å². The minimum atomic E-state index is -0.721. The summed E-state index contributed by atoms with van der Waals surface area (Å²) in [5.74, 6) is -0.577. The van der Waals surface area contributed by atoms with Crippen molar-refractivity contribution in [3.05, 3.63) is 47.4 Å². The van der Waals surface area contributed by atoms with Gasteiger partial charge in [-0.25, -0.2) is 0 Å². The van der Waals surface area contributed by atoms with Crippen molar-refractivity contribution in [3.63, 3.8) is 0 Å². The Labute approximate surface area is 157 Å². The van der Waals surface area contributed by atoms with Crippen molar-refractivity contribution in [2.75, 3.05) is 23.3 Å². The Balaban J connectivity index is 1.69. The summed E-state index contributed by atoms with van der Waals surface area (Å²) in [6, 6.07) is 7.94. The molecule has 2 amide bonds. The second-order valence-electron chi connectivity index (χ2n) is 6.37. The Hall–Kier alpha value is -2.47. The molecular weight excluding hydrogens is 354 g/mol. The van der Waals surface area contributed by atoms with E-state index in [-0.39, 0.29) is 11.7 Å². The van der Waals surface area contributed by atoms with E-state index in [9.17, 15) is 9.59 Å². The van der Waals surface area contributed by atoms with Gasteiger partial charge in [0.2, 0.25) is 5.91 Å². The highest BCUT2D eigenvalue weighted by Gasteiger charge is 2.21. The SMILES string of the molecule is C[C@H](NC(=O)c1ccco1)C(=O)Nc1cc(Cl)ccc1N1CCCCC1. The molecule has 7 heteroatoms. The van der Waals surface area contributed by atoms with E-state index < -0.39 is 11.9 Å². The Morgan fingerprint density at radius 2 is 1.96 bits per heavy atom. The molecule has 1 aliphatic heterocycles. The molecule has 1 fully saturated rings. The van der Waals surface area contributed by atoms with Crippen molar-refractivity contribution in [2.24, 2.45) is 0 Å². The number of hydrogen-bond acceptors (Lipinski definition) is 4. The van der Waals surface area contributed by atoms with Crippen molar-refractivity contribution in [1.82, 2.24) is 5.32 Å². The second-order valence-corrected chi connectivity index (χ2v) is 6.81. The Morgan fingerprint density at radius 3 is 2.65 bits per heavy atom. The van der Waals surface area contributed by atoms with Crippen LogP contribution in [0.1, 0.15) is 36.7 Å². The summed E-state index contributed by atoms with van der Waals surface area (Å²) < 4.78 is 5.04. The smallest absolute Gasteiger partial charge is 0.287 e. The van der Waals surface area contributed by atoms with Crippen LogP contribution in [0.15, 0.2) is 41.0 Å². The Kier molecular flexibility index (Phi) is 5.83. The first-order valence-electron chi connectivity index (χ1n) is 8.74. The topological polar surface area (TPSA) is 74.6 Å². The molecule has 0 spiro atoms. The van der Waals surface area contributed by atoms with Gasteiger partial charge in [-0.2, -0.15) is 0 Å². The fraction of sp³-hybridized carbons (Fsp3) is 0.368. The summed E-state index contributed by atoms with van der Waals surface area (Å²) in [7, 11) is 0. The van der Waals surface area contributed by atoms with Gasteiger partial charge in [-0.3, -0.25) is 9.59 Å². The first kappa shape index (κ1) is 18.3. The van der Waals surface area contributed by atoms with Gasteiger partial charge in [-0.1, -0.05) is 11.6 Å². The lowest BCUT2D eigenvalue weighted by Gasteiger charge is -2.31. The van der Waals surface area contributed by atoms with E-state index in [2.05, 4.69) is 15.5 Å². The Morgan fingerprint density at radius 1 is 1.19 bits per heavy atom. The number of nitrogens with one attached hydrogen (secondary N) is 2. The predicted molar refractivity (Wildman–Crippen MR) is 102 cm³/mol. The quantitative estimate of drug-likeness (QED) is 0.835. The van der Waals surface area contributed by atoms with Crippen molar-refractivity contribution < 1.29 is 14.0 Å². The number of amides is 2. The maximum absolute atomic E-state index is 12.5. The summed E-state index contributed by atoms with van der Waals surface area (Å²) in [5, 5.41) is 6.06. The van der Waals surface area contributed by atoms with E-state index in [4.69, 9.17) is 16.0 Å². The summed E-state index contributed by atoms with van der Waals surface area (Å²) >= 11 is 6.12. The van der Waals surface area contributed by atoms with E-state index in [0.717, 1.165) is 31.6 Å². The molecule has 26 heavy (non-hydrogen) atoms. The maximum atomic E-state index is 12.5. The van der Waals surface area contributed by atoms with E-state index in [1.54, 1.807) is 25.1 Å². The molecule has 2 heterocycles. The van der Waals surface area contributed by atoms with Crippen LogP contribution in [-0.4, -0.2) is 30.9 Å². The van der Waals surface area contributed by atoms with Crippen LogP contribution in [0.3, 0.4) is 0 Å². The van der Waals surface area contributed by atoms with Gasteiger partial charge in [-0.05, 0) is 56.5 Å². The van der Waals surface area contributed by atoms with Gasteiger partial charge < -0.3 is 20.0 Å². The average Bonchev–Trinajstić information content (AvgIpc) is 3.17. The van der Waals surface area contributed by atoms with Crippen LogP contribution >= 0.6 is 11.6 Å². The molecule has 1 saturated heterocycles. The van der Waals surface area contributed by atoms with Crippen molar-refractivity contribution >= 4 is 34.8 Å². The van der Waals surface area contributed by atoms with Crippen molar-refractivity contribution in [3.8, 4) is 0 Å². The lowest BCUT2D eigenvalue weighted by Crippen LogP contribution is -2.41. The van der Waals surface area contributed by atoms with Gasteiger partial charge in [-0.15, -0.1) is 0 Å². The summed E-state index contributed by atoms with van der Waals surface area (Å²) in [4.78, 5) is 26.8. The van der Waals surface area contributed by atoms with Crippen molar-refractivity contribution in [2.45, 2.75) is 32.2 Å². The third-order valence-electron chi connectivity index (χ3n) is 4.40. The monoisotopic (exact) mass is 375 g/mol. The lowest BCUT2D eigenvalue weighted by molar-refractivity contribution is -0.117. The molecule has 0 unspecified atom stereocenters. The number of halogens is 1. The first-order chi connectivity index (χ1) is 12.5. The summed E-state index contributed by atoms with van der Waals surface area (Å²) in [6.07, 6.45) is 4.90. The number of carbonyl (C=O) groups excluding carboxylic acids is 2. The number of nitrogens with zero attached hydrogens (tertiary/aromatic N) is 1. The number of rotatable bonds is 5. The maximum Gasteiger partial charge on any atom is 0.287 e. The minimum absolute atomic E-state index is 0.168. The molecule has 0 aliphatic carbocycles. The molecule has 2 aromatic rings. The molecule has 0 bridgehead atoms. The molecule has 138 valence electrons. The van der Waals surface area contributed by atoms with E-state index in [1.807, 2.05) is 12.1 Å². The van der Waals surface area contributed by atoms with Crippen LogP contribution in [0, 0.1) is 0 Å². The minimum Gasteiger partial charge on any atom is -0.459 e. The molecule has 1 aromatic heterocycles. The van der Waals surface area contributed by atoms with Crippen LogP contribution < -0.4 is 15.5 Å². The molecule has 3 rings (SSSR count). The third-order valence-corrected chi connectivity index (χ3v) is 4.63. The molecule has 6 nitrogen and oxygen atoms in total. The predicted octanol–water partition coefficient (Wildman–Crippen LogP) is 3.68. The molecule has 0 radical (unpaired) electrons. The fourth-order valence-corrected chi connectivity index (χ4v) is 3.17. The van der Waals surface area contributed by atoms with E-state index in [0.29, 0.717) is 10.7 Å². The zero-order valence-corrected chi connectivity index (χ0v) is 15.4. The normalized spacial score (nSPS) is 15.4. The highest BCUT2D eigenvalue weighted by molar-refractivity contribution is 6.31. The van der Waals surface area contributed by atoms with Gasteiger partial charge in [0, 0.05) is 18.1 Å². The third kappa shape index (κ3) is 4.38. The zero-order valence-electron chi connectivity index (χ0n) is 14.6. The van der Waals surface area contributed by atoms with Gasteiger partial charge in [0.1, 0.15) is 6.04 Å². The first-order valence-corrected chi connectivity index (χ1v) is 9.12. The number of furan rings is 1. The van der Waals surface area contributed by atoms with Gasteiger partial charge in [0.05, 0.1) is 17.6 Å². The number of anilines is 2. The van der Waals surface area contributed by atoms with Gasteiger partial charge >= 0.3 is 0 Å². The summed E-state index contributed by atoms with van der Waals surface area (Å²) in [5.41, 5.74) is 1.61. The highest BCUT2D eigenvalue weighted by Crippen LogP contribution is 2.31. The second kappa shape index (κ2) is 8.27. The zero-order chi connectivity index (χ0) is 18.5. The number of piperidine rings is 1. The highest BCUT2D eigenvalue weighted by atomic mass is 35.5. The van der Waals surface area contributed by atoms with E-state index >= 15 is 0 Å². The van der Waals surface area contributed by atoms with Crippen LogP contribution in [-0.2, 0) is 4.79 Å². The Bertz CT molecular complexity index is 770. The lowest BCUT2D eigenvalue weighted by atomic mass is 10.1. The number of carbonyl (C=O) groups is 2. The largest absolute Gasteiger partial charge is 0.459 e. The average molecular weight is 376 g/mol. The van der Waals surface area contributed by atoms with Crippen molar-refractivity contribution in [1.29, 1.82) is 0 Å². The van der Waals surface area contributed by atoms with Crippen LogP contribution in [0.2, 0.25) is 5.02 Å². The van der Waals surface area contributed by atoms with E-state index in [1.165, 1.54) is 12.7 Å². The molecule has 1 atom stereocenters. The standard InChI is InChI=1S/C19H22ClN3O3/c1-13(21-19(25)17-6-5-11-26-17)18(24)22-15-12-14(20)7-8-16(15)23-9-3-2-4-10-23/h5-8,11-13H,2-4,9-10H2,1H3,(H,21,25)(H,22,24)/t13-/m0/s1.